The van der Waals surface area contributed by atoms with Gasteiger partial charge in [0.25, 0.3) is 10.0 Å². The number of aryl methyl sites for hydroxylation is 1. The Bertz CT molecular complexity index is 1070. The Kier molecular flexibility index (Phi) is 6.33. The third-order valence-corrected chi connectivity index (χ3v) is 5.96. The van der Waals surface area contributed by atoms with Gasteiger partial charge in [-0.05, 0) is 79.8 Å². The molecule has 28 heavy (non-hydrogen) atoms. The Morgan fingerprint density at radius 3 is 1.79 bits per heavy atom. The SMILES string of the molecule is Cc1ccc(S(=O)(=O)Nc2ccc(NC(=S)Nc3ccc(Br)cc3)cc2)cc1. The largest absolute Gasteiger partial charge is 0.332 e. The van der Waals surface area contributed by atoms with Crippen LogP contribution < -0.4 is 15.4 Å². The zero-order valence-corrected chi connectivity index (χ0v) is 18.2. The van der Waals surface area contributed by atoms with Gasteiger partial charge in [0.1, 0.15) is 0 Å². The van der Waals surface area contributed by atoms with E-state index in [1.54, 1.807) is 48.5 Å². The van der Waals surface area contributed by atoms with Gasteiger partial charge in [0.2, 0.25) is 0 Å². The van der Waals surface area contributed by atoms with Crippen molar-refractivity contribution in [1.82, 2.24) is 0 Å². The molecule has 0 heterocycles. The summed E-state index contributed by atoms with van der Waals surface area (Å²) in [6.45, 7) is 1.91. The number of nitrogens with one attached hydrogen (secondary N) is 3. The molecule has 3 rings (SSSR count). The van der Waals surface area contributed by atoms with Crippen LogP contribution in [-0.2, 0) is 10.0 Å². The number of rotatable bonds is 5. The quantitative estimate of drug-likeness (QED) is 0.432. The zero-order valence-electron chi connectivity index (χ0n) is 14.9. The summed E-state index contributed by atoms with van der Waals surface area (Å²) in [7, 11) is -3.62. The molecule has 0 aliphatic carbocycles. The highest BCUT2D eigenvalue weighted by Gasteiger charge is 2.13. The van der Waals surface area contributed by atoms with Crippen LogP contribution in [-0.4, -0.2) is 13.5 Å². The molecule has 8 heteroatoms. The number of anilines is 3. The van der Waals surface area contributed by atoms with Gasteiger partial charge >= 0.3 is 0 Å². The molecule has 0 aliphatic heterocycles. The van der Waals surface area contributed by atoms with Gasteiger partial charge in [0.15, 0.2) is 5.11 Å². The van der Waals surface area contributed by atoms with Crippen LogP contribution in [0.3, 0.4) is 0 Å². The maximum absolute atomic E-state index is 12.4. The Labute approximate surface area is 178 Å². The highest BCUT2D eigenvalue weighted by Crippen LogP contribution is 2.19. The second kappa shape index (κ2) is 8.72. The van der Waals surface area contributed by atoms with E-state index >= 15 is 0 Å². The fraction of sp³-hybridized carbons (Fsp3) is 0.0500. The van der Waals surface area contributed by atoms with E-state index < -0.39 is 10.0 Å². The predicted octanol–water partition coefficient (Wildman–Crippen LogP) is 5.37. The minimum absolute atomic E-state index is 0.222. The van der Waals surface area contributed by atoms with Crippen molar-refractivity contribution >= 4 is 60.3 Å². The number of thiocarbonyl (C=S) groups is 1. The van der Waals surface area contributed by atoms with Crippen molar-refractivity contribution in [2.75, 3.05) is 15.4 Å². The molecule has 3 aromatic rings. The molecule has 0 atom stereocenters. The molecule has 3 aromatic carbocycles. The monoisotopic (exact) mass is 475 g/mol. The highest BCUT2D eigenvalue weighted by molar-refractivity contribution is 9.10. The van der Waals surface area contributed by atoms with Crippen molar-refractivity contribution in [3.63, 3.8) is 0 Å². The summed E-state index contributed by atoms with van der Waals surface area (Å²) in [5.74, 6) is 0. The van der Waals surface area contributed by atoms with Gasteiger partial charge in [-0.3, -0.25) is 4.72 Å². The fourth-order valence-corrected chi connectivity index (χ4v) is 3.94. The Hall–Kier alpha value is -2.42. The Morgan fingerprint density at radius 2 is 1.25 bits per heavy atom. The third-order valence-electron chi connectivity index (χ3n) is 3.83. The first kappa shape index (κ1) is 20.3. The van der Waals surface area contributed by atoms with Gasteiger partial charge in [0.05, 0.1) is 4.90 Å². The number of benzene rings is 3. The Morgan fingerprint density at radius 1 is 0.786 bits per heavy atom. The molecular formula is C20H18BrN3O2S2. The molecule has 3 N–H and O–H groups in total. The van der Waals surface area contributed by atoms with E-state index in [-0.39, 0.29) is 4.90 Å². The van der Waals surface area contributed by atoms with Gasteiger partial charge in [-0.25, -0.2) is 8.42 Å². The zero-order chi connectivity index (χ0) is 20.1. The van der Waals surface area contributed by atoms with Crippen molar-refractivity contribution in [1.29, 1.82) is 0 Å². The van der Waals surface area contributed by atoms with Crippen LogP contribution in [0.25, 0.3) is 0 Å². The van der Waals surface area contributed by atoms with Crippen molar-refractivity contribution < 1.29 is 8.42 Å². The van der Waals surface area contributed by atoms with Gasteiger partial charge in [0, 0.05) is 21.5 Å². The normalized spacial score (nSPS) is 10.9. The number of hydrogen-bond donors (Lipinski definition) is 3. The van der Waals surface area contributed by atoms with Gasteiger partial charge < -0.3 is 10.6 Å². The van der Waals surface area contributed by atoms with Crippen molar-refractivity contribution in [2.24, 2.45) is 0 Å². The fourth-order valence-electron chi connectivity index (χ4n) is 2.38. The maximum Gasteiger partial charge on any atom is 0.261 e. The van der Waals surface area contributed by atoms with Crippen LogP contribution in [0.2, 0.25) is 0 Å². The first-order valence-electron chi connectivity index (χ1n) is 8.35. The van der Waals surface area contributed by atoms with E-state index in [9.17, 15) is 8.42 Å². The standard InChI is InChI=1S/C20H18BrN3O2S2/c1-14-2-12-19(13-3-14)28(25,26)24-18-10-8-17(9-11-18)23-20(27)22-16-6-4-15(21)5-7-16/h2-13,24H,1H3,(H2,22,23,27). The van der Waals surface area contributed by atoms with E-state index in [0.717, 1.165) is 21.4 Å². The minimum atomic E-state index is -3.62. The molecule has 144 valence electrons. The van der Waals surface area contributed by atoms with Crippen LogP contribution in [0.5, 0.6) is 0 Å². The van der Waals surface area contributed by atoms with E-state index in [0.29, 0.717) is 10.8 Å². The average Bonchev–Trinajstić information content (AvgIpc) is 2.65. The van der Waals surface area contributed by atoms with Crippen molar-refractivity contribution in [3.8, 4) is 0 Å². The predicted molar refractivity (Wildman–Crippen MR) is 122 cm³/mol. The highest BCUT2D eigenvalue weighted by atomic mass is 79.9. The Balaban J connectivity index is 1.62. The van der Waals surface area contributed by atoms with Crippen LogP contribution in [0.1, 0.15) is 5.56 Å². The summed E-state index contributed by atoms with van der Waals surface area (Å²) >= 11 is 8.69. The van der Waals surface area contributed by atoms with E-state index in [2.05, 4.69) is 31.3 Å². The lowest BCUT2D eigenvalue weighted by Gasteiger charge is -2.12. The molecule has 0 bridgehead atoms. The average molecular weight is 476 g/mol. The lowest BCUT2D eigenvalue weighted by Crippen LogP contribution is -2.19. The molecule has 0 fully saturated rings. The smallest absolute Gasteiger partial charge is 0.261 e. The van der Waals surface area contributed by atoms with E-state index in [4.69, 9.17) is 12.2 Å². The van der Waals surface area contributed by atoms with Gasteiger partial charge in [-0.2, -0.15) is 0 Å². The van der Waals surface area contributed by atoms with Crippen LogP contribution in [0, 0.1) is 6.92 Å². The van der Waals surface area contributed by atoms with E-state index in [1.807, 2.05) is 31.2 Å². The topological polar surface area (TPSA) is 70.2 Å². The molecule has 0 radical (unpaired) electrons. The molecule has 0 saturated carbocycles. The second-order valence-electron chi connectivity index (χ2n) is 6.08. The minimum Gasteiger partial charge on any atom is -0.332 e. The van der Waals surface area contributed by atoms with Crippen LogP contribution in [0.4, 0.5) is 17.1 Å². The summed E-state index contributed by atoms with van der Waals surface area (Å²) in [6.07, 6.45) is 0. The van der Waals surface area contributed by atoms with Gasteiger partial charge in [-0.1, -0.05) is 33.6 Å². The summed E-state index contributed by atoms with van der Waals surface area (Å²) < 4.78 is 28.4. The molecular weight excluding hydrogens is 458 g/mol. The molecule has 0 saturated heterocycles. The number of hydrogen-bond acceptors (Lipinski definition) is 3. The number of halogens is 1. The van der Waals surface area contributed by atoms with Crippen molar-refractivity contribution in [3.05, 3.63) is 82.8 Å². The molecule has 5 nitrogen and oxygen atoms in total. The van der Waals surface area contributed by atoms with Gasteiger partial charge in [-0.15, -0.1) is 0 Å². The third kappa shape index (κ3) is 5.54. The second-order valence-corrected chi connectivity index (χ2v) is 9.09. The van der Waals surface area contributed by atoms with E-state index in [1.165, 1.54) is 0 Å². The molecule has 0 unspecified atom stereocenters. The maximum atomic E-state index is 12.4. The molecule has 0 aromatic heterocycles. The van der Waals surface area contributed by atoms with Crippen LogP contribution in [0.15, 0.2) is 82.2 Å². The summed E-state index contributed by atoms with van der Waals surface area (Å²) in [5.41, 5.74) is 3.08. The molecule has 0 amide bonds. The summed E-state index contributed by atoms with van der Waals surface area (Å²) in [4.78, 5) is 0.222. The number of sulfonamides is 1. The first-order valence-corrected chi connectivity index (χ1v) is 11.0. The molecule has 0 spiro atoms. The summed E-state index contributed by atoms with van der Waals surface area (Å²) in [5, 5.41) is 6.59. The van der Waals surface area contributed by atoms with Crippen LogP contribution >= 0.6 is 28.1 Å². The lowest BCUT2D eigenvalue weighted by atomic mass is 10.2. The first-order chi connectivity index (χ1) is 13.3. The summed E-state index contributed by atoms with van der Waals surface area (Å²) in [6, 6.07) is 21.2. The lowest BCUT2D eigenvalue weighted by molar-refractivity contribution is 0.601. The molecule has 0 aliphatic rings. The van der Waals surface area contributed by atoms with Crippen molar-refractivity contribution in [2.45, 2.75) is 11.8 Å².